The van der Waals surface area contributed by atoms with Crippen LogP contribution in [0.5, 0.6) is 0 Å². The zero-order valence-corrected chi connectivity index (χ0v) is 18.5. The van der Waals surface area contributed by atoms with Crippen molar-refractivity contribution in [1.29, 1.82) is 0 Å². The second kappa shape index (κ2) is 8.69. The minimum Gasteiger partial charge on any atom is -0.338 e. The van der Waals surface area contributed by atoms with E-state index in [2.05, 4.69) is 18.6 Å². The van der Waals surface area contributed by atoms with Crippen LogP contribution in [0.3, 0.4) is 0 Å². The van der Waals surface area contributed by atoms with Crippen molar-refractivity contribution >= 4 is 28.3 Å². The van der Waals surface area contributed by atoms with E-state index in [1.165, 1.54) is 6.07 Å². The summed E-state index contributed by atoms with van der Waals surface area (Å²) < 4.78 is 28.5. The van der Waals surface area contributed by atoms with Crippen molar-refractivity contribution in [3.8, 4) is 0 Å². The monoisotopic (exact) mass is 429 g/mol. The Balaban J connectivity index is 0.00000280. The van der Waals surface area contributed by atoms with Crippen LogP contribution < -0.4 is 10.5 Å². The van der Waals surface area contributed by atoms with E-state index in [9.17, 15) is 13.2 Å². The lowest BCUT2D eigenvalue weighted by molar-refractivity contribution is 0.0532. The SMILES string of the molecule is Cc1ccc(C(=O)N2CCC(N)C(C)(C)C2)cc1S(=O)(=O)NC1CCCC1.Cl. The highest BCUT2D eigenvalue weighted by Crippen LogP contribution is 2.29. The van der Waals surface area contributed by atoms with E-state index in [0.29, 0.717) is 24.2 Å². The molecular weight excluding hydrogens is 398 g/mol. The summed E-state index contributed by atoms with van der Waals surface area (Å²) >= 11 is 0. The third kappa shape index (κ3) is 4.87. The van der Waals surface area contributed by atoms with Crippen molar-refractivity contribution < 1.29 is 13.2 Å². The Kier molecular flexibility index (Phi) is 7.18. The van der Waals surface area contributed by atoms with Crippen LogP contribution in [-0.4, -0.2) is 44.4 Å². The summed E-state index contributed by atoms with van der Waals surface area (Å²) in [5, 5.41) is 0. The van der Waals surface area contributed by atoms with Crippen LogP contribution in [0.4, 0.5) is 0 Å². The first-order valence-corrected chi connectivity index (χ1v) is 11.3. The first kappa shape index (κ1) is 23.1. The van der Waals surface area contributed by atoms with Gasteiger partial charge in [0.2, 0.25) is 10.0 Å². The van der Waals surface area contributed by atoms with E-state index in [1.807, 2.05) is 0 Å². The number of amides is 1. The number of carbonyl (C=O) groups is 1. The summed E-state index contributed by atoms with van der Waals surface area (Å²) in [6, 6.07) is 5.02. The van der Waals surface area contributed by atoms with Gasteiger partial charge in [0.05, 0.1) is 4.90 Å². The fraction of sp³-hybridized carbons (Fsp3) is 0.650. The van der Waals surface area contributed by atoms with Crippen LogP contribution in [0, 0.1) is 12.3 Å². The van der Waals surface area contributed by atoms with Gasteiger partial charge in [-0.25, -0.2) is 13.1 Å². The average molecular weight is 430 g/mol. The van der Waals surface area contributed by atoms with Gasteiger partial charge in [-0.2, -0.15) is 0 Å². The molecule has 3 N–H and O–H groups in total. The highest BCUT2D eigenvalue weighted by Gasteiger charge is 2.36. The maximum Gasteiger partial charge on any atom is 0.253 e. The second-order valence-corrected chi connectivity index (χ2v) is 10.4. The lowest BCUT2D eigenvalue weighted by atomic mass is 9.79. The van der Waals surface area contributed by atoms with Gasteiger partial charge in [0.15, 0.2) is 0 Å². The summed E-state index contributed by atoms with van der Waals surface area (Å²) in [7, 11) is -3.63. The smallest absolute Gasteiger partial charge is 0.253 e. The molecule has 1 saturated heterocycles. The molecular formula is C20H32ClN3O3S. The lowest BCUT2D eigenvalue weighted by Crippen LogP contribution is -2.54. The Morgan fingerprint density at radius 1 is 1.21 bits per heavy atom. The number of nitrogens with zero attached hydrogens (tertiary/aromatic N) is 1. The Labute approximate surface area is 174 Å². The van der Waals surface area contributed by atoms with Gasteiger partial charge in [-0.15, -0.1) is 12.4 Å². The zero-order valence-electron chi connectivity index (χ0n) is 16.9. The number of likely N-dealkylation sites (tertiary alicyclic amines) is 1. The minimum absolute atomic E-state index is 0. The van der Waals surface area contributed by atoms with Crippen molar-refractivity contribution in [2.24, 2.45) is 11.1 Å². The van der Waals surface area contributed by atoms with Crippen molar-refractivity contribution in [3.05, 3.63) is 29.3 Å². The number of piperidine rings is 1. The normalized spacial score (nSPS) is 22.7. The van der Waals surface area contributed by atoms with Gasteiger partial charge in [0.1, 0.15) is 0 Å². The first-order chi connectivity index (χ1) is 12.6. The molecule has 1 aliphatic carbocycles. The van der Waals surface area contributed by atoms with Crippen LogP contribution in [0.1, 0.15) is 61.9 Å². The van der Waals surface area contributed by atoms with E-state index in [1.54, 1.807) is 24.0 Å². The molecule has 1 aromatic rings. The summed E-state index contributed by atoms with van der Waals surface area (Å²) in [6.45, 7) is 7.06. The summed E-state index contributed by atoms with van der Waals surface area (Å²) in [5.74, 6) is -0.132. The molecule has 8 heteroatoms. The Morgan fingerprint density at radius 2 is 1.86 bits per heavy atom. The van der Waals surface area contributed by atoms with Crippen LogP contribution in [0.15, 0.2) is 23.1 Å². The molecule has 1 heterocycles. The molecule has 158 valence electrons. The zero-order chi connectivity index (χ0) is 19.8. The highest BCUT2D eigenvalue weighted by molar-refractivity contribution is 7.89. The average Bonchev–Trinajstić information content (AvgIpc) is 3.09. The van der Waals surface area contributed by atoms with Gasteiger partial charge in [-0.3, -0.25) is 4.79 Å². The number of carbonyl (C=O) groups excluding carboxylic acids is 1. The van der Waals surface area contributed by atoms with E-state index in [0.717, 1.165) is 32.1 Å². The maximum absolute atomic E-state index is 13.0. The first-order valence-electron chi connectivity index (χ1n) is 9.78. The van der Waals surface area contributed by atoms with Crippen molar-refractivity contribution in [3.63, 3.8) is 0 Å². The van der Waals surface area contributed by atoms with Gasteiger partial charge >= 0.3 is 0 Å². The molecule has 1 unspecified atom stereocenters. The molecule has 1 saturated carbocycles. The molecule has 2 fully saturated rings. The van der Waals surface area contributed by atoms with E-state index >= 15 is 0 Å². The number of halogens is 1. The molecule has 0 radical (unpaired) electrons. The number of benzene rings is 1. The molecule has 1 amide bonds. The third-order valence-corrected chi connectivity index (χ3v) is 7.66. The van der Waals surface area contributed by atoms with Crippen LogP contribution in [-0.2, 0) is 10.0 Å². The largest absolute Gasteiger partial charge is 0.338 e. The van der Waals surface area contributed by atoms with Crippen LogP contribution >= 0.6 is 12.4 Å². The molecule has 1 aliphatic heterocycles. The van der Waals surface area contributed by atoms with Crippen molar-refractivity contribution in [2.45, 2.75) is 69.9 Å². The Hall–Kier alpha value is -1.15. The molecule has 0 bridgehead atoms. The minimum atomic E-state index is -3.63. The van der Waals surface area contributed by atoms with Gasteiger partial charge in [0, 0.05) is 30.7 Å². The van der Waals surface area contributed by atoms with Gasteiger partial charge < -0.3 is 10.6 Å². The summed E-state index contributed by atoms with van der Waals surface area (Å²) in [6.07, 6.45) is 4.61. The lowest BCUT2D eigenvalue weighted by Gasteiger charge is -2.42. The molecule has 2 aliphatic rings. The van der Waals surface area contributed by atoms with Gasteiger partial charge in [0.25, 0.3) is 5.91 Å². The van der Waals surface area contributed by atoms with Gasteiger partial charge in [-0.05, 0) is 49.3 Å². The second-order valence-electron chi connectivity index (χ2n) is 8.69. The summed E-state index contributed by atoms with van der Waals surface area (Å²) in [5.41, 5.74) is 7.08. The predicted molar refractivity (Wildman–Crippen MR) is 113 cm³/mol. The van der Waals surface area contributed by atoms with Crippen molar-refractivity contribution in [1.82, 2.24) is 9.62 Å². The number of aryl methyl sites for hydroxylation is 1. The fourth-order valence-electron chi connectivity index (χ4n) is 4.08. The third-order valence-electron chi connectivity index (χ3n) is 6.00. The number of rotatable bonds is 4. The molecule has 6 nitrogen and oxygen atoms in total. The van der Waals surface area contributed by atoms with Crippen molar-refractivity contribution in [2.75, 3.05) is 13.1 Å². The highest BCUT2D eigenvalue weighted by atomic mass is 35.5. The molecule has 1 aromatic carbocycles. The van der Waals surface area contributed by atoms with E-state index in [-0.39, 0.29) is 40.7 Å². The molecule has 3 rings (SSSR count). The number of nitrogens with one attached hydrogen (secondary N) is 1. The quantitative estimate of drug-likeness (QED) is 0.769. The van der Waals surface area contributed by atoms with Crippen LogP contribution in [0.25, 0.3) is 0 Å². The number of hydrogen-bond donors (Lipinski definition) is 2. The fourth-order valence-corrected chi connectivity index (χ4v) is 5.65. The summed E-state index contributed by atoms with van der Waals surface area (Å²) in [4.78, 5) is 15.0. The Bertz CT molecular complexity index is 820. The number of hydrogen-bond acceptors (Lipinski definition) is 4. The molecule has 28 heavy (non-hydrogen) atoms. The molecule has 0 spiro atoms. The maximum atomic E-state index is 13.0. The standard InChI is InChI=1S/C20H31N3O3S.ClH/c1-14-8-9-15(19(24)23-11-10-18(21)20(2,3)13-23)12-17(14)27(25,26)22-16-6-4-5-7-16;/h8-9,12,16,18,22H,4-7,10-11,13,21H2,1-3H3;1H. The molecule has 1 atom stereocenters. The number of nitrogens with two attached hydrogens (primary N) is 1. The van der Waals surface area contributed by atoms with E-state index in [4.69, 9.17) is 5.73 Å². The van der Waals surface area contributed by atoms with Gasteiger partial charge in [-0.1, -0.05) is 32.8 Å². The van der Waals surface area contributed by atoms with Crippen LogP contribution in [0.2, 0.25) is 0 Å². The topological polar surface area (TPSA) is 92.5 Å². The number of sulfonamides is 1. The predicted octanol–water partition coefficient (Wildman–Crippen LogP) is 2.84. The van der Waals surface area contributed by atoms with E-state index < -0.39 is 10.0 Å². The Morgan fingerprint density at radius 3 is 2.46 bits per heavy atom. The molecule has 0 aromatic heterocycles.